The highest BCUT2D eigenvalue weighted by Gasteiger charge is 2.31. The Morgan fingerprint density at radius 3 is 2.92 bits per heavy atom. The Balaban J connectivity index is 2.10. The van der Waals surface area contributed by atoms with Gasteiger partial charge in [0.1, 0.15) is 0 Å². The molecule has 1 saturated heterocycles. The third-order valence-electron chi connectivity index (χ3n) is 2.47. The van der Waals surface area contributed by atoms with Gasteiger partial charge in [-0.15, -0.1) is 11.3 Å². The molecule has 2 heteroatoms. The Morgan fingerprint density at radius 1 is 1.58 bits per heavy atom. The van der Waals surface area contributed by atoms with Gasteiger partial charge in [0.25, 0.3) is 0 Å². The highest BCUT2D eigenvalue weighted by atomic mass is 32.1. The smallest absolute Gasteiger partial charge is 0.0420 e. The molecule has 0 bridgehead atoms. The van der Waals surface area contributed by atoms with Crippen LogP contribution in [0.2, 0.25) is 0 Å². The van der Waals surface area contributed by atoms with E-state index in [1.54, 1.807) is 0 Å². The summed E-state index contributed by atoms with van der Waals surface area (Å²) in [6, 6.07) is 4.97. The standard InChI is InChI=1S/C10H15NS/c1-10(2)6-8(11-7-10)9-4-3-5-12-9/h3-5,8,11H,6-7H2,1-2H3. The van der Waals surface area contributed by atoms with Crippen molar-refractivity contribution in [3.8, 4) is 0 Å². The van der Waals surface area contributed by atoms with Gasteiger partial charge in [-0.3, -0.25) is 0 Å². The van der Waals surface area contributed by atoms with Crippen LogP contribution in [0.1, 0.15) is 31.2 Å². The van der Waals surface area contributed by atoms with Gasteiger partial charge in [0.05, 0.1) is 0 Å². The Kier molecular flexibility index (Phi) is 1.97. The quantitative estimate of drug-likeness (QED) is 0.702. The van der Waals surface area contributed by atoms with E-state index in [9.17, 15) is 0 Å². The maximum atomic E-state index is 3.56. The van der Waals surface area contributed by atoms with Gasteiger partial charge >= 0.3 is 0 Å². The minimum Gasteiger partial charge on any atom is -0.309 e. The number of hydrogen-bond acceptors (Lipinski definition) is 2. The molecule has 0 saturated carbocycles. The molecule has 1 N–H and O–H groups in total. The Morgan fingerprint density at radius 2 is 2.42 bits per heavy atom. The van der Waals surface area contributed by atoms with E-state index in [1.807, 2.05) is 11.3 Å². The summed E-state index contributed by atoms with van der Waals surface area (Å²) >= 11 is 1.86. The molecule has 2 heterocycles. The van der Waals surface area contributed by atoms with Crippen LogP contribution in [0.3, 0.4) is 0 Å². The molecule has 0 aliphatic carbocycles. The van der Waals surface area contributed by atoms with Crippen molar-refractivity contribution in [1.82, 2.24) is 5.32 Å². The molecule has 0 aromatic carbocycles. The second kappa shape index (κ2) is 2.86. The van der Waals surface area contributed by atoms with Crippen LogP contribution in [0.25, 0.3) is 0 Å². The third kappa shape index (κ3) is 1.54. The zero-order valence-electron chi connectivity index (χ0n) is 7.63. The van der Waals surface area contributed by atoms with E-state index in [4.69, 9.17) is 0 Å². The van der Waals surface area contributed by atoms with Crippen LogP contribution in [-0.2, 0) is 0 Å². The SMILES string of the molecule is CC1(C)CNC(c2cccs2)C1. The zero-order chi connectivity index (χ0) is 8.60. The number of nitrogens with one attached hydrogen (secondary N) is 1. The summed E-state index contributed by atoms with van der Waals surface area (Å²) < 4.78 is 0. The van der Waals surface area contributed by atoms with Gasteiger partial charge in [-0.2, -0.15) is 0 Å². The van der Waals surface area contributed by atoms with E-state index in [0.29, 0.717) is 11.5 Å². The van der Waals surface area contributed by atoms with Crippen molar-refractivity contribution >= 4 is 11.3 Å². The van der Waals surface area contributed by atoms with Gasteiger partial charge in [-0.05, 0) is 23.3 Å². The van der Waals surface area contributed by atoms with Crippen molar-refractivity contribution in [2.75, 3.05) is 6.54 Å². The fourth-order valence-electron chi connectivity index (χ4n) is 1.79. The molecule has 66 valence electrons. The van der Waals surface area contributed by atoms with Crippen LogP contribution < -0.4 is 5.32 Å². The normalized spacial score (nSPS) is 27.7. The monoisotopic (exact) mass is 181 g/mol. The van der Waals surface area contributed by atoms with Gasteiger partial charge in [0.2, 0.25) is 0 Å². The topological polar surface area (TPSA) is 12.0 Å². The number of hydrogen-bond donors (Lipinski definition) is 1. The van der Waals surface area contributed by atoms with Crippen molar-refractivity contribution in [3.63, 3.8) is 0 Å². The Bertz CT molecular complexity index is 251. The molecule has 2 rings (SSSR count). The van der Waals surface area contributed by atoms with Crippen molar-refractivity contribution < 1.29 is 0 Å². The minimum absolute atomic E-state index is 0.481. The molecule has 1 atom stereocenters. The lowest BCUT2D eigenvalue weighted by atomic mass is 9.90. The van der Waals surface area contributed by atoms with Crippen molar-refractivity contribution in [2.24, 2.45) is 5.41 Å². The highest BCUT2D eigenvalue weighted by molar-refractivity contribution is 7.10. The molecule has 1 fully saturated rings. The lowest BCUT2D eigenvalue weighted by Crippen LogP contribution is -2.16. The predicted octanol–water partition coefficient (Wildman–Crippen LogP) is 2.81. The van der Waals surface area contributed by atoms with Crippen LogP contribution in [0.4, 0.5) is 0 Å². The van der Waals surface area contributed by atoms with Gasteiger partial charge in [-0.25, -0.2) is 0 Å². The van der Waals surface area contributed by atoms with Crippen LogP contribution in [-0.4, -0.2) is 6.54 Å². The Hall–Kier alpha value is -0.340. The van der Waals surface area contributed by atoms with Gasteiger partial charge in [0.15, 0.2) is 0 Å². The van der Waals surface area contributed by atoms with E-state index in [0.717, 1.165) is 6.54 Å². The summed E-state index contributed by atoms with van der Waals surface area (Å²) in [6.07, 6.45) is 1.27. The molecule has 12 heavy (non-hydrogen) atoms. The van der Waals surface area contributed by atoms with Crippen molar-refractivity contribution in [1.29, 1.82) is 0 Å². The molecule has 1 aliphatic heterocycles. The maximum Gasteiger partial charge on any atom is 0.0420 e. The van der Waals surface area contributed by atoms with Crippen molar-refractivity contribution in [2.45, 2.75) is 26.3 Å². The average molecular weight is 181 g/mol. The fraction of sp³-hybridized carbons (Fsp3) is 0.600. The Labute approximate surface area is 77.8 Å². The second-order valence-electron chi connectivity index (χ2n) is 4.32. The molecule has 1 aliphatic rings. The summed E-state index contributed by atoms with van der Waals surface area (Å²) in [5.41, 5.74) is 0.481. The summed E-state index contributed by atoms with van der Waals surface area (Å²) in [5.74, 6) is 0. The first kappa shape index (κ1) is 8.27. The second-order valence-corrected chi connectivity index (χ2v) is 5.30. The van der Waals surface area contributed by atoms with E-state index >= 15 is 0 Å². The minimum atomic E-state index is 0.481. The van der Waals surface area contributed by atoms with Crippen LogP contribution in [0, 0.1) is 5.41 Å². The van der Waals surface area contributed by atoms with E-state index < -0.39 is 0 Å². The lowest BCUT2D eigenvalue weighted by Gasteiger charge is -2.14. The third-order valence-corrected chi connectivity index (χ3v) is 3.46. The molecule has 1 aromatic rings. The van der Waals surface area contributed by atoms with E-state index in [2.05, 4.69) is 36.7 Å². The molecular weight excluding hydrogens is 166 g/mol. The molecule has 0 spiro atoms. The van der Waals surface area contributed by atoms with Crippen LogP contribution in [0.15, 0.2) is 17.5 Å². The van der Waals surface area contributed by atoms with E-state index in [1.165, 1.54) is 11.3 Å². The lowest BCUT2D eigenvalue weighted by molar-refractivity contribution is 0.404. The maximum absolute atomic E-state index is 3.56. The molecular formula is C10H15NS. The first-order valence-corrected chi connectivity index (χ1v) is 5.32. The summed E-state index contributed by atoms with van der Waals surface area (Å²) in [6.45, 7) is 5.80. The molecule has 1 aromatic heterocycles. The summed E-state index contributed by atoms with van der Waals surface area (Å²) in [5, 5.41) is 5.71. The van der Waals surface area contributed by atoms with Crippen LogP contribution in [0.5, 0.6) is 0 Å². The number of rotatable bonds is 1. The number of thiophene rings is 1. The van der Waals surface area contributed by atoms with Gasteiger partial charge < -0.3 is 5.32 Å². The molecule has 1 nitrogen and oxygen atoms in total. The summed E-state index contributed by atoms with van der Waals surface area (Å²) in [7, 11) is 0. The molecule has 1 unspecified atom stereocenters. The van der Waals surface area contributed by atoms with Gasteiger partial charge in [0, 0.05) is 17.5 Å². The first-order chi connectivity index (χ1) is 5.67. The van der Waals surface area contributed by atoms with Gasteiger partial charge in [-0.1, -0.05) is 19.9 Å². The van der Waals surface area contributed by atoms with Crippen molar-refractivity contribution in [3.05, 3.63) is 22.4 Å². The summed E-state index contributed by atoms with van der Waals surface area (Å²) in [4.78, 5) is 1.49. The molecule has 0 radical (unpaired) electrons. The average Bonchev–Trinajstić information content (AvgIpc) is 2.55. The molecule has 0 amide bonds. The largest absolute Gasteiger partial charge is 0.309 e. The predicted molar refractivity (Wildman–Crippen MR) is 53.5 cm³/mol. The van der Waals surface area contributed by atoms with E-state index in [-0.39, 0.29) is 0 Å². The fourth-order valence-corrected chi connectivity index (χ4v) is 2.59. The first-order valence-electron chi connectivity index (χ1n) is 4.44. The van der Waals surface area contributed by atoms with Crippen LogP contribution >= 0.6 is 11.3 Å². The highest BCUT2D eigenvalue weighted by Crippen LogP contribution is 2.36. The zero-order valence-corrected chi connectivity index (χ0v) is 8.45.